The fraction of sp³-hybridized carbons (Fsp3) is 0.588. The monoisotopic (exact) mass is 336 g/mol. The highest BCUT2D eigenvalue weighted by molar-refractivity contribution is 9.10. The average molecular weight is 337 g/mol. The van der Waals surface area contributed by atoms with E-state index in [1.54, 1.807) is 0 Å². The van der Waals surface area contributed by atoms with Gasteiger partial charge in [0.1, 0.15) is 0 Å². The molecular weight excluding hydrogens is 316 g/mol. The highest BCUT2D eigenvalue weighted by Gasteiger charge is 2.40. The van der Waals surface area contributed by atoms with E-state index < -0.39 is 5.97 Å². The van der Waals surface area contributed by atoms with E-state index in [0.29, 0.717) is 12.3 Å². The Morgan fingerprint density at radius 2 is 2.00 bits per heavy atom. The maximum atomic E-state index is 11.6. The molecule has 0 aromatic heterocycles. The molecule has 20 heavy (non-hydrogen) atoms. The van der Waals surface area contributed by atoms with E-state index in [0.717, 1.165) is 28.3 Å². The van der Waals surface area contributed by atoms with Crippen molar-refractivity contribution in [1.29, 1.82) is 0 Å². The van der Waals surface area contributed by atoms with Crippen molar-refractivity contribution in [2.45, 2.75) is 38.5 Å². The van der Waals surface area contributed by atoms with Gasteiger partial charge in [-0.2, -0.15) is 0 Å². The van der Waals surface area contributed by atoms with E-state index in [2.05, 4.69) is 15.9 Å². The summed E-state index contributed by atoms with van der Waals surface area (Å²) in [4.78, 5) is 11.6. The van der Waals surface area contributed by atoms with Gasteiger partial charge < -0.3 is 5.11 Å². The molecule has 3 rings (SSSR count). The van der Waals surface area contributed by atoms with Gasteiger partial charge in [0.05, 0.1) is 5.92 Å². The molecule has 0 radical (unpaired) electrons. The number of halogens is 1. The lowest BCUT2D eigenvalue weighted by Gasteiger charge is -2.24. The van der Waals surface area contributed by atoms with Gasteiger partial charge in [0.25, 0.3) is 0 Å². The van der Waals surface area contributed by atoms with E-state index in [4.69, 9.17) is 0 Å². The number of benzene rings is 1. The first-order valence-corrected chi connectivity index (χ1v) is 8.38. The van der Waals surface area contributed by atoms with Crippen LogP contribution >= 0.6 is 15.9 Å². The number of aliphatic carboxylic acids is 1. The molecule has 0 aliphatic heterocycles. The number of rotatable bonds is 5. The topological polar surface area (TPSA) is 37.3 Å². The van der Waals surface area contributed by atoms with Crippen molar-refractivity contribution in [2.75, 3.05) is 0 Å². The molecule has 1 aromatic carbocycles. The molecule has 0 spiro atoms. The molecule has 0 saturated heterocycles. The third-order valence-electron chi connectivity index (χ3n) is 5.22. The van der Waals surface area contributed by atoms with Gasteiger partial charge in [-0.3, -0.25) is 4.79 Å². The smallest absolute Gasteiger partial charge is 0.306 e. The summed E-state index contributed by atoms with van der Waals surface area (Å²) in [7, 11) is 0. The maximum Gasteiger partial charge on any atom is 0.306 e. The van der Waals surface area contributed by atoms with Crippen LogP contribution in [0.4, 0.5) is 0 Å². The highest BCUT2D eigenvalue weighted by Crippen LogP contribution is 2.50. The van der Waals surface area contributed by atoms with Crippen LogP contribution in [0.3, 0.4) is 0 Å². The number of hydrogen-bond acceptors (Lipinski definition) is 1. The summed E-state index contributed by atoms with van der Waals surface area (Å²) in [6.07, 6.45) is 6.87. The van der Waals surface area contributed by atoms with Gasteiger partial charge in [0.2, 0.25) is 0 Å². The lowest BCUT2D eigenvalue weighted by Crippen LogP contribution is -2.23. The minimum Gasteiger partial charge on any atom is -0.481 e. The van der Waals surface area contributed by atoms with Crippen molar-refractivity contribution < 1.29 is 9.90 Å². The number of carboxylic acids is 1. The molecule has 1 N–H and O–H groups in total. The molecule has 2 aliphatic carbocycles. The molecule has 1 aromatic rings. The van der Waals surface area contributed by atoms with Crippen LogP contribution in [0.15, 0.2) is 28.7 Å². The second kappa shape index (κ2) is 5.88. The Labute approximate surface area is 128 Å². The van der Waals surface area contributed by atoms with Gasteiger partial charge in [-0.15, -0.1) is 0 Å². The minimum absolute atomic E-state index is 0.222. The van der Waals surface area contributed by atoms with Crippen LogP contribution in [-0.2, 0) is 11.2 Å². The summed E-state index contributed by atoms with van der Waals surface area (Å²) in [5.41, 5.74) is 1.13. The molecule has 0 amide bonds. The van der Waals surface area contributed by atoms with Crippen LogP contribution in [0.1, 0.15) is 37.7 Å². The standard InChI is InChI=1S/C17H21BrO2/c18-16-5-2-11(3-6-16)7-15(17(19)20)10-14-9-12-1-4-13(14)8-12/h2-3,5-6,12-15H,1,4,7-10H2,(H,19,20). The van der Waals surface area contributed by atoms with Crippen molar-refractivity contribution in [3.8, 4) is 0 Å². The number of carbonyl (C=O) groups is 1. The molecule has 4 atom stereocenters. The lowest BCUT2D eigenvalue weighted by atomic mass is 9.80. The van der Waals surface area contributed by atoms with Crippen LogP contribution < -0.4 is 0 Å². The average Bonchev–Trinajstić information content (AvgIpc) is 3.02. The maximum absolute atomic E-state index is 11.6. The fourth-order valence-electron chi connectivity index (χ4n) is 4.21. The van der Waals surface area contributed by atoms with Crippen LogP contribution in [-0.4, -0.2) is 11.1 Å². The van der Waals surface area contributed by atoms with Crippen molar-refractivity contribution in [3.05, 3.63) is 34.3 Å². The second-order valence-electron chi connectivity index (χ2n) is 6.54. The predicted octanol–water partition coefficient (Wildman–Crippen LogP) is 4.52. The van der Waals surface area contributed by atoms with Gasteiger partial charge in [0, 0.05) is 4.47 Å². The van der Waals surface area contributed by atoms with E-state index in [1.807, 2.05) is 24.3 Å². The van der Waals surface area contributed by atoms with Crippen LogP contribution in [0, 0.1) is 23.7 Å². The normalized spacial score (nSPS) is 29.6. The van der Waals surface area contributed by atoms with E-state index >= 15 is 0 Å². The van der Waals surface area contributed by atoms with Gasteiger partial charge in [-0.05, 0) is 67.6 Å². The Morgan fingerprint density at radius 3 is 2.55 bits per heavy atom. The molecular formula is C17H21BrO2. The number of carboxylic acid groups (broad SMARTS) is 1. The molecule has 0 heterocycles. The zero-order chi connectivity index (χ0) is 14.1. The fourth-order valence-corrected chi connectivity index (χ4v) is 4.47. The summed E-state index contributed by atoms with van der Waals surface area (Å²) in [5, 5.41) is 9.51. The van der Waals surface area contributed by atoms with E-state index in [1.165, 1.54) is 25.7 Å². The molecule has 3 heteroatoms. The Balaban J connectivity index is 1.64. The summed E-state index contributed by atoms with van der Waals surface area (Å²) in [6, 6.07) is 8.04. The summed E-state index contributed by atoms with van der Waals surface area (Å²) < 4.78 is 1.04. The summed E-state index contributed by atoms with van der Waals surface area (Å²) >= 11 is 3.42. The third-order valence-corrected chi connectivity index (χ3v) is 5.75. The lowest BCUT2D eigenvalue weighted by molar-refractivity contribution is -0.142. The highest BCUT2D eigenvalue weighted by atomic mass is 79.9. The second-order valence-corrected chi connectivity index (χ2v) is 7.45. The number of hydrogen-bond donors (Lipinski definition) is 1. The summed E-state index contributed by atoms with van der Waals surface area (Å²) in [5.74, 6) is 1.51. The van der Waals surface area contributed by atoms with E-state index in [-0.39, 0.29) is 5.92 Å². The zero-order valence-corrected chi connectivity index (χ0v) is 13.2. The van der Waals surface area contributed by atoms with Gasteiger partial charge in [-0.1, -0.05) is 34.5 Å². The molecule has 2 saturated carbocycles. The van der Waals surface area contributed by atoms with Crippen molar-refractivity contribution >= 4 is 21.9 Å². The molecule has 2 bridgehead atoms. The zero-order valence-electron chi connectivity index (χ0n) is 11.6. The molecule has 108 valence electrons. The van der Waals surface area contributed by atoms with E-state index in [9.17, 15) is 9.90 Å². The largest absolute Gasteiger partial charge is 0.481 e. The SMILES string of the molecule is O=C(O)C(Cc1ccc(Br)cc1)CC1CC2CCC1C2. The van der Waals surface area contributed by atoms with Gasteiger partial charge in [0.15, 0.2) is 0 Å². The molecule has 4 unspecified atom stereocenters. The quantitative estimate of drug-likeness (QED) is 0.858. The van der Waals surface area contributed by atoms with Gasteiger partial charge >= 0.3 is 5.97 Å². The van der Waals surface area contributed by atoms with Crippen molar-refractivity contribution in [2.24, 2.45) is 23.7 Å². The Bertz CT molecular complexity index is 482. The first kappa shape index (κ1) is 14.1. The first-order chi connectivity index (χ1) is 9.61. The van der Waals surface area contributed by atoms with Crippen LogP contribution in [0.2, 0.25) is 0 Å². The minimum atomic E-state index is -0.629. The third kappa shape index (κ3) is 3.08. The van der Waals surface area contributed by atoms with Gasteiger partial charge in [-0.25, -0.2) is 0 Å². The molecule has 2 aliphatic rings. The predicted molar refractivity (Wildman–Crippen MR) is 82.5 cm³/mol. The Hall–Kier alpha value is -0.830. The Morgan fingerprint density at radius 1 is 1.25 bits per heavy atom. The van der Waals surface area contributed by atoms with Crippen LogP contribution in [0.25, 0.3) is 0 Å². The van der Waals surface area contributed by atoms with Crippen molar-refractivity contribution in [1.82, 2.24) is 0 Å². The molecule has 2 nitrogen and oxygen atoms in total. The van der Waals surface area contributed by atoms with Crippen molar-refractivity contribution in [3.63, 3.8) is 0 Å². The van der Waals surface area contributed by atoms with Crippen LogP contribution in [0.5, 0.6) is 0 Å². The first-order valence-electron chi connectivity index (χ1n) is 7.59. The number of fused-ring (bicyclic) bond motifs is 2. The Kier molecular flexibility index (Phi) is 4.16. The summed E-state index contributed by atoms with van der Waals surface area (Å²) in [6.45, 7) is 0. The molecule has 2 fully saturated rings.